The van der Waals surface area contributed by atoms with Gasteiger partial charge in [0.2, 0.25) is 11.9 Å². The van der Waals surface area contributed by atoms with Crippen LogP contribution in [0.5, 0.6) is 0 Å². The number of thioether (sulfide) groups is 1. The number of urea groups is 1. The van der Waals surface area contributed by atoms with Crippen molar-refractivity contribution >= 4 is 29.6 Å². The van der Waals surface area contributed by atoms with Crippen LogP contribution in [0, 0.1) is 6.92 Å². The van der Waals surface area contributed by atoms with Gasteiger partial charge in [-0.2, -0.15) is 0 Å². The average Bonchev–Trinajstić information content (AvgIpc) is 3.17. The quantitative estimate of drug-likeness (QED) is 0.493. The second-order valence-electron chi connectivity index (χ2n) is 7.45. The van der Waals surface area contributed by atoms with Crippen molar-refractivity contribution in [2.45, 2.75) is 51.1 Å². The van der Waals surface area contributed by atoms with Crippen LogP contribution in [0.2, 0.25) is 0 Å². The summed E-state index contributed by atoms with van der Waals surface area (Å²) >= 11 is 1.28. The first kappa shape index (κ1) is 22.1. The zero-order chi connectivity index (χ0) is 21.3. The Bertz CT molecular complexity index is 846. The molecule has 2 heterocycles. The number of piperidine rings is 1. The van der Waals surface area contributed by atoms with Crippen molar-refractivity contribution in [3.05, 3.63) is 29.8 Å². The number of nitrogens with zero attached hydrogens (tertiary/aromatic N) is 4. The molecule has 2 aromatic rings. The summed E-state index contributed by atoms with van der Waals surface area (Å²) in [6, 6.07) is 7.73. The van der Waals surface area contributed by atoms with E-state index in [1.54, 1.807) is 0 Å². The van der Waals surface area contributed by atoms with Crippen LogP contribution < -0.4 is 15.5 Å². The van der Waals surface area contributed by atoms with Gasteiger partial charge >= 0.3 is 6.03 Å². The van der Waals surface area contributed by atoms with Crippen LogP contribution in [0.25, 0.3) is 5.69 Å². The fourth-order valence-corrected chi connectivity index (χ4v) is 4.04. The molecule has 162 valence electrons. The first-order valence-corrected chi connectivity index (χ1v) is 11.5. The Kier molecular flexibility index (Phi) is 8.12. The highest BCUT2D eigenvalue weighted by molar-refractivity contribution is 7.99. The molecular weight excluding hydrogens is 400 g/mol. The Balaban J connectivity index is 1.71. The van der Waals surface area contributed by atoms with Crippen molar-refractivity contribution < 1.29 is 9.59 Å². The van der Waals surface area contributed by atoms with Gasteiger partial charge in [0.1, 0.15) is 0 Å². The van der Waals surface area contributed by atoms with Crippen LogP contribution in [-0.2, 0) is 4.79 Å². The molecule has 3 amide bonds. The monoisotopic (exact) mass is 430 g/mol. The van der Waals surface area contributed by atoms with E-state index in [0.717, 1.165) is 50.4 Å². The molecule has 0 bridgehead atoms. The molecule has 30 heavy (non-hydrogen) atoms. The van der Waals surface area contributed by atoms with Gasteiger partial charge in [-0.05, 0) is 44.7 Å². The number of hydrogen-bond donors (Lipinski definition) is 2. The van der Waals surface area contributed by atoms with E-state index in [0.29, 0.717) is 11.7 Å². The van der Waals surface area contributed by atoms with Gasteiger partial charge in [-0.1, -0.05) is 42.8 Å². The molecule has 1 fully saturated rings. The number of hydrogen-bond acceptors (Lipinski definition) is 6. The lowest BCUT2D eigenvalue weighted by molar-refractivity contribution is -0.117. The maximum absolute atomic E-state index is 12.2. The van der Waals surface area contributed by atoms with E-state index >= 15 is 0 Å². The third-order valence-electron chi connectivity index (χ3n) is 4.95. The van der Waals surface area contributed by atoms with E-state index in [4.69, 9.17) is 0 Å². The predicted octanol–water partition coefficient (Wildman–Crippen LogP) is 3.28. The van der Waals surface area contributed by atoms with E-state index in [-0.39, 0.29) is 11.7 Å². The molecule has 9 heteroatoms. The minimum Gasteiger partial charge on any atom is -0.341 e. The number of carbonyl (C=O) groups excluding carboxylic acids is 2. The molecule has 1 saturated heterocycles. The van der Waals surface area contributed by atoms with E-state index in [1.165, 1.54) is 23.7 Å². The van der Waals surface area contributed by atoms with Gasteiger partial charge in [0.05, 0.1) is 11.4 Å². The number of aromatic nitrogens is 3. The second-order valence-corrected chi connectivity index (χ2v) is 8.39. The van der Waals surface area contributed by atoms with Crippen LogP contribution in [0.3, 0.4) is 0 Å². The normalized spacial score (nSPS) is 13.9. The van der Waals surface area contributed by atoms with Crippen molar-refractivity contribution in [3.63, 3.8) is 0 Å². The molecule has 1 aromatic carbocycles. The molecule has 0 aliphatic carbocycles. The smallest absolute Gasteiger partial charge is 0.321 e. The van der Waals surface area contributed by atoms with Crippen LogP contribution in [0.15, 0.2) is 29.4 Å². The number of carbonyl (C=O) groups is 2. The van der Waals surface area contributed by atoms with E-state index in [1.807, 2.05) is 30.5 Å². The Morgan fingerprint density at radius 2 is 1.83 bits per heavy atom. The number of rotatable bonds is 8. The Labute approximate surface area is 181 Å². The van der Waals surface area contributed by atoms with Crippen LogP contribution in [-0.4, -0.2) is 52.1 Å². The highest BCUT2D eigenvalue weighted by atomic mass is 32.2. The van der Waals surface area contributed by atoms with Gasteiger partial charge < -0.3 is 10.2 Å². The summed E-state index contributed by atoms with van der Waals surface area (Å²) in [7, 11) is 0. The lowest BCUT2D eigenvalue weighted by atomic mass is 10.1. The van der Waals surface area contributed by atoms with Gasteiger partial charge in [-0.15, -0.1) is 10.2 Å². The maximum atomic E-state index is 12.2. The Morgan fingerprint density at radius 3 is 2.53 bits per heavy atom. The Morgan fingerprint density at radius 1 is 1.10 bits per heavy atom. The van der Waals surface area contributed by atoms with Crippen LogP contribution >= 0.6 is 11.8 Å². The summed E-state index contributed by atoms with van der Waals surface area (Å²) in [5.41, 5.74) is 2.14. The third-order valence-corrected chi connectivity index (χ3v) is 5.88. The van der Waals surface area contributed by atoms with Crippen molar-refractivity contribution in [2.75, 3.05) is 30.3 Å². The fraction of sp³-hybridized carbons (Fsp3) is 0.524. The number of unbranched alkanes of at least 4 members (excludes halogenated alkanes) is 1. The number of imide groups is 1. The standard InChI is InChI=1S/C21H30N6O2S/c1-3-4-12-22-19(29)23-18(28)15-30-21-25-24-20(26-13-6-5-7-14-26)27(21)17-10-8-16(2)9-11-17/h8-11H,3-7,12-15H2,1-2H3,(H2,22,23,28,29). The van der Waals surface area contributed by atoms with Crippen molar-refractivity contribution in [2.24, 2.45) is 0 Å². The number of amides is 3. The summed E-state index contributed by atoms with van der Waals surface area (Å²) in [4.78, 5) is 26.2. The molecule has 3 rings (SSSR count). The largest absolute Gasteiger partial charge is 0.341 e. The lowest BCUT2D eigenvalue weighted by Crippen LogP contribution is -2.40. The zero-order valence-corrected chi connectivity index (χ0v) is 18.5. The molecule has 0 unspecified atom stereocenters. The van der Waals surface area contributed by atoms with E-state index in [2.05, 4.69) is 37.9 Å². The first-order chi connectivity index (χ1) is 14.6. The summed E-state index contributed by atoms with van der Waals surface area (Å²) in [6.07, 6.45) is 5.38. The third kappa shape index (κ3) is 5.98. The average molecular weight is 431 g/mol. The van der Waals surface area contributed by atoms with Gasteiger partial charge in [0.25, 0.3) is 0 Å². The highest BCUT2D eigenvalue weighted by Crippen LogP contribution is 2.28. The minimum atomic E-state index is -0.456. The molecule has 0 radical (unpaired) electrons. The summed E-state index contributed by atoms with van der Waals surface area (Å²) in [5, 5.41) is 14.5. The summed E-state index contributed by atoms with van der Waals surface area (Å²) in [5.74, 6) is 0.538. The number of nitrogens with one attached hydrogen (secondary N) is 2. The van der Waals surface area contributed by atoms with Gasteiger partial charge in [-0.25, -0.2) is 4.79 Å². The first-order valence-electron chi connectivity index (χ1n) is 10.6. The predicted molar refractivity (Wildman–Crippen MR) is 119 cm³/mol. The lowest BCUT2D eigenvalue weighted by Gasteiger charge is -2.27. The molecule has 0 saturated carbocycles. The molecule has 8 nitrogen and oxygen atoms in total. The number of aryl methyl sites for hydroxylation is 1. The maximum Gasteiger partial charge on any atom is 0.321 e. The summed E-state index contributed by atoms with van der Waals surface area (Å²) in [6.45, 7) is 6.56. The van der Waals surface area contributed by atoms with Gasteiger partial charge in [0, 0.05) is 19.6 Å². The minimum absolute atomic E-state index is 0.0885. The fourth-order valence-electron chi connectivity index (χ4n) is 3.29. The number of benzene rings is 1. The van der Waals surface area contributed by atoms with Crippen LogP contribution in [0.4, 0.5) is 10.7 Å². The molecule has 0 atom stereocenters. The zero-order valence-electron chi connectivity index (χ0n) is 17.7. The van der Waals surface area contributed by atoms with Crippen LogP contribution in [0.1, 0.15) is 44.6 Å². The highest BCUT2D eigenvalue weighted by Gasteiger charge is 2.22. The van der Waals surface area contributed by atoms with E-state index in [9.17, 15) is 9.59 Å². The summed E-state index contributed by atoms with van der Waals surface area (Å²) < 4.78 is 2.00. The SMILES string of the molecule is CCCCNC(=O)NC(=O)CSc1nnc(N2CCCCC2)n1-c1ccc(C)cc1. The Hall–Kier alpha value is -2.55. The molecule has 2 N–H and O–H groups in total. The second kappa shape index (κ2) is 11.0. The molecule has 1 aliphatic heterocycles. The molecule has 0 spiro atoms. The van der Waals surface area contributed by atoms with Crippen molar-refractivity contribution in [1.82, 2.24) is 25.4 Å². The topological polar surface area (TPSA) is 92.2 Å². The number of anilines is 1. The van der Waals surface area contributed by atoms with E-state index < -0.39 is 6.03 Å². The molecular formula is C21H30N6O2S. The van der Waals surface area contributed by atoms with Gasteiger partial charge in [-0.3, -0.25) is 14.7 Å². The molecule has 1 aliphatic rings. The van der Waals surface area contributed by atoms with Crippen molar-refractivity contribution in [3.8, 4) is 5.69 Å². The van der Waals surface area contributed by atoms with Gasteiger partial charge in [0.15, 0.2) is 5.16 Å². The molecule has 1 aromatic heterocycles. The van der Waals surface area contributed by atoms with Crippen molar-refractivity contribution in [1.29, 1.82) is 0 Å².